The molecule has 1 aliphatic rings. The van der Waals surface area contributed by atoms with Gasteiger partial charge >= 0.3 is 5.97 Å². The summed E-state index contributed by atoms with van der Waals surface area (Å²) in [5, 5.41) is 2.51. The molecule has 96 valence electrons. The monoisotopic (exact) mass is 261 g/mol. The standard InChI is InChI=1S/C10H15NO5S/c1-2-3-10(13)16-6-9(12)11-8-4-5-17(14,15)7-8/h2-3,8H,4-7H2,1H3,(H,11,12)/b3-2+/t8-/m0/s1. The number of nitrogens with one attached hydrogen (secondary N) is 1. The van der Waals surface area contributed by atoms with Gasteiger partial charge in [-0.25, -0.2) is 13.2 Å². The van der Waals surface area contributed by atoms with Crippen LogP contribution in [0.4, 0.5) is 0 Å². The quantitative estimate of drug-likeness (QED) is 0.539. The first-order chi connectivity index (χ1) is 7.93. The molecule has 0 radical (unpaired) electrons. The molecular weight excluding hydrogens is 246 g/mol. The number of carbonyl (C=O) groups is 2. The predicted molar refractivity (Wildman–Crippen MR) is 61.0 cm³/mol. The molecule has 1 N–H and O–H groups in total. The van der Waals surface area contributed by atoms with Crippen molar-refractivity contribution in [3.05, 3.63) is 12.2 Å². The van der Waals surface area contributed by atoms with E-state index in [2.05, 4.69) is 10.1 Å². The fourth-order valence-electron chi connectivity index (χ4n) is 1.50. The van der Waals surface area contributed by atoms with Crippen LogP contribution in [0.5, 0.6) is 0 Å². The number of rotatable bonds is 4. The molecule has 0 bridgehead atoms. The summed E-state index contributed by atoms with van der Waals surface area (Å²) in [6.45, 7) is 1.27. The van der Waals surface area contributed by atoms with Gasteiger partial charge in [-0.2, -0.15) is 0 Å². The Hall–Kier alpha value is -1.37. The molecule has 1 atom stereocenters. The normalized spacial score (nSPS) is 22.5. The van der Waals surface area contributed by atoms with Crippen LogP contribution in [-0.2, 0) is 24.2 Å². The van der Waals surface area contributed by atoms with E-state index in [-0.39, 0.29) is 24.2 Å². The Bertz CT molecular complexity index is 426. The average Bonchev–Trinajstić information content (AvgIpc) is 2.55. The lowest BCUT2D eigenvalue weighted by Crippen LogP contribution is -2.38. The molecule has 0 saturated carbocycles. The largest absolute Gasteiger partial charge is 0.452 e. The van der Waals surface area contributed by atoms with E-state index in [4.69, 9.17) is 0 Å². The Labute approximate surface area is 99.9 Å². The highest BCUT2D eigenvalue weighted by Gasteiger charge is 2.28. The summed E-state index contributed by atoms with van der Waals surface area (Å²) in [6, 6.07) is -0.368. The number of allylic oxidation sites excluding steroid dienone is 1. The van der Waals surface area contributed by atoms with Crippen molar-refractivity contribution >= 4 is 21.7 Å². The molecular formula is C10H15NO5S. The van der Waals surface area contributed by atoms with Crippen LogP contribution in [0.15, 0.2) is 12.2 Å². The fraction of sp³-hybridized carbons (Fsp3) is 0.600. The summed E-state index contributed by atoms with van der Waals surface area (Å²) in [4.78, 5) is 22.2. The van der Waals surface area contributed by atoms with Crippen molar-refractivity contribution in [2.45, 2.75) is 19.4 Å². The van der Waals surface area contributed by atoms with Gasteiger partial charge in [0.1, 0.15) is 0 Å². The van der Waals surface area contributed by atoms with Gasteiger partial charge in [-0.15, -0.1) is 0 Å². The summed E-state index contributed by atoms with van der Waals surface area (Å²) in [6.07, 6.45) is 3.12. The summed E-state index contributed by atoms with van der Waals surface area (Å²) >= 11 is 0. The average molecular weight is 261 g/mol. The van der Waals surface area contributed by atoms with E-state index in [9.17, 15) is 18.0 Å². The first kappa shape index (κ1) is 13.7. The van der Waals surface area contributed by atoms with Crippen LogP contribution in [0.3, 0.4) is 0 Å². The number of hydrogen-bond acceptors (Lipinski definition) is 5. The minimum Gasteiger partial charge on any atom is -0.452 e. The van der Waals surface area contributed by atoms with Gasteiger partial charge in [0.2, 0.25) is 0 Å². The van der Waals surface area contributed by atoms with Gasteiger partial charge in [-0.3, -0.25) is 4.79 Å². The molecule has 1 aliphatic heterocycles. The third-order valence-electron chi connectivity index (χ3n) is 2.25. The molecule has 0 unspecified atom stereocenters. The van der Waals surface area contributed by atoms with Crippen molar-refractivity contribution in [1.82, 2.24) is 5.32 Å². The Morgan fingerprint density at radius 2 is 2.18 bits per heavy atom. The van der Waals surface area contributed by atoms with Crippen molar-refractivity contribution in [1.29, 1.82) is 0 Å². The first-order valence-electron chi connectivity index (χ1n) is 5.22. The van der Waals surface area contributed by atoms with Crippen molar-refractivity contribution in [3.8, 4) is 0 Å². The minimum absolute atomic E-state index is 0.0401. The molecule has 7 heteroatoms. The highest BCUT2D eigenvalue weighted by molar-refractivity contribution is 7.91. The summed E-state index contributed by atoms with van der Waals surface area (Å²) in [5.41, 5.74) is 0. The van der Waals surface area contributed by atoms with Crippen LogP contribution in [-0.4, -0.2) is 44.4 Å². The third kappa shape index (κ3) is 4.99. The molecule has 0 aromatic rings. The molecule has 17 heavy (non-hydrogen) atoms. The Morgan fingerprint density at radius 3 is 2.71 bits per heavy atom. The molecule has 0 aromatic carbocycles. The van der Waals surface area contributed by atoms with E-state index in [1.54, 1.807) is 6.92 Å². The molecule has 0 spiro atoms. The van der Waals surface area contributed by atoms with Gasteiger partial charge in [0.25, 0.3) is 5.91 Å². The second-order valence-electron chi connectivity index (χ2n) is 3.78. The van der Waals surface area contributed by atoms with E-state index in [0.717, 1.165) is 0 Å². The van der Waals surface area contributed by atoms with Crippen LogP contribution in [0.2, 0.25) is 0 Å². The van der Waals surface area contributed by atoms with E-state index in [1.165, 1.54) is 12.2 Å². The predicted octanol–water partition coefficient (Wildman–Crippen LogP) is -0.591. The van der Waals surface area contributed by atoms with Gasteiger partial charge in [0, 0.05) is 12.1 Å². The molecule has 6 nitrogen and oxygen atoms in total. The topological polar surface area (TPSA) is 89.5 Å². The Kier molecular flexibility index (Phi) is 4.68. The van der Waals surface area contributed by atoms with E-state index in [1.807, 2.05) is 0 Å². The molecule has 0 aromatic heterocycles. The minimum atomic E-state index is -3.01. The van der Waals surface area contributed by atoms with Crippen molar-refractivity contribution in [3.63, 3.8) is 0 Å². The van der Waals surface area contributed by atoms with Crippen LogP contribution in [0.25, 0.3) is 0 Å². The summed E-state index contributed by atoms with van der Waals surface area (Å²) < 4.78 is 26.9. The zero-order valence-corrected chi connectivity index (χ0v) is 10.3. The van der Waals surface area contributed by atoms with Gasteiger partial charge in [-0.05, 0) is 13.3 Å². The smallest absolute Gasteiger partial charge is 0.330 e. The maximum absolute atomic E-state index is 11.3. The molecule has 1 fully saturated rings. The van der Waals surface area contributed by atoms with Gasteiger partial charge < -0.3 is 10.1 Å². The van der Waals surface area contributed by atoms with E-state index < -0.39 is 21.7 Å². The first-order valence-corrected chi connectivity index (χ1v) is 7.04. The van der Waals surface area contributed by atoms with Crippen molar-refractivity contribution in [2.24, 2.45) is 0 Å². The third-order valence-corrected chi connectivity index (χ3v) is 4.01. The van der Waals surface area contributed by atoms with Gasteiger partial charge in [0.05, 0.1) is 11.5 Å². The maximum atomic E-state index is 11.3. The lowest BCUT2D eigenvalue weighted by Gasteiger charge is -2.10. The van der Waals surface area contributed by atoms with Crippen LogP contribution < -0.4 is 5.32 Å². The van der Waals surface area contributed by atoms with Crippen molar-refractivity contribution in [2.75, 3.05) is 18.1 Å². The van der Waals surface area contributed by atoms with Crippen LogP contribution in [0, 0.1) is 0 Å². The van der Waals surface area contributed by atoms with Gasteiger partial charge in [0.15, 0.2) is 16.4 Å². The summed E-state index contributed by atoms with van der Waals surface area (Å²) in [5.74, 6) is -1.02. The molecule has 0 aliphatic carbocycles. The lowest BCUT2D eigenvalue weighted by atomic mass is 10.2. The SMILES string of the molecule is C/C=C/C(=O)OCC(=O)N[C@H]1CCS(=O)(=O)C1. The number of esters is 1. The second kappa shape index (κ2) is 5.81. The summed E-state index contributed by atoms with van der Waals surface area (Å²) in [7, 11) is -3.01. The number of carbonyl (C=O) groups excluding carboxylic acids is 2. The molecule has 1 heterocycles. The molecule has 1 rings (SSSR count). The number of sulfone groups is 1. The number of ether oxygens (including phenoxy) is 1. The molecule has 1 saturated heterocycles. The van der Waals surface area contributed by atoms with Crippen LogP contribution in [0.1, 0.15) is 13.3 Å². The lowest BCUT2D eigenvalue weighted by molar-refractivity contribution is -0.144. The highest BCUT2D eigenvalue weighted by Crippen LogP contribution is 2.10. The highest BCUT2D eigenvalue weighted by atomic mass is 32.2. The fourth-order valence-corrected chi connectivity index (χ4v) is 3.17. The number of hydrogen-bond donors (Lipinski definition) is 1. The van der Waals surface area contributed by atoms with E-state index in [0.29, 0.717) is 6.42 Å². The van der Waals surface area contributed by atoms with Crippen molar-refractivity contribution < 1.29 is 22.7 Å². The zero-order chi connectivity index (χ0) is 12.9. The second-order valence-corrected chi connectivity index (χ2v) is 6.00. The van der Waals surface area contributed by atoms with Gasteiger partial charge in [-0.1, -0.05) is 6.08 Å². The van der Waals surface area contributed by atoms with E-state index >= 15 is 0 Å². The Balaban J connectivity index is 2.29. The van der Waals surface area contributed by atoms with Crippen LogP contribution >= 0.6 is 0 Å². The number of amides is 1. The Morgan fingerprint density at radius 1 is 1.47 bits per heavy atom. The zero-order valence-electron chi connectivity index (χ0n) is 9.51. The maximum Gasteiger partial charge on any atom is 0.330 e. The molecule has 1 amide bonds.